The second kappa shape index (κ2) is 5.88. The Balaban J connectivity index is 2.07. The molecule has 0 saturated carbocycles. The van der Waals surface area contributed by atoms with E-state index in [2.05, 4.69) is 42.7 Å². The summed E-state index contributed by atoms with van der Waals surface area (Å²) in [5, 5.41) is 10.5. The summed E-state index contributed by atoms with van der Waals surface area (Å²) in [7, 11) is 0. The highest BCUT2D eigenvalue weighted by Crippen LogP contribution is 2.33. The molecule has 0 fully saturated rings. The van der Waals surface area contributed by atoms with Gasteiger partial charge in [-0.1, -0.05) is 36.4 Å². The second-order valence-electron chi connectivity index (χ2n) is 6.63. The Bertz CT molecular complexity index is 1010. The van der Waals surface area contributed by atoms with Gasteiger partial charge >= 0.3 is 5.97 Å². The molecule has 4 nitrogen and oxygen atoms in total. The molecule has 0 saturated heterocycles. The van der Waals surface area contributed by atoms with E-state index in [0.717, 1.165) is 45.5 Å². The fourth-order valence-corrected chi connectivity index (χ4v) is 3.93. The highest BCUT2D eigenvalue weighted by molar-refractivity contribution is 6.08. The maximum Gasteiger partial charge on any atom is 0.307 e. The summed E-state index contributed by atoms with van der Waals surface area (Å²) in [5.41, 5.74) is 6.43. The van der Waals surface area contributed by atoms with E-state index in [-0.39, 0.29) is 6.42 Å². The van der Waals surface area contributed by atoms with Crippen LogP contribution in [0.5, 0.6) is 0 Å². The maximum atomic E-state index is 11.5. The first-order chi connectivity index (χ1) is 12.1. The van der Waals surface area contributed by atoms with Crippen LogP contribution in [0.15, 0.2) is 47.5 Å². The number of benzene rings is 2. The lowest BCUT2D eigenvalue weighted by molar-refractivity contribution is -0.136. The molecule has 0 bridgehead atoms. The number of carboxylic acid groups (broad SMARTS) is 1. The Morgan fingerprint density at radius 3 is 2.68 bits per heavy atom. The molecule has 0 radical (unpaired) electrons. The first-order valence-electron chi connectivity index (χ1n) is 8.51. The van der Waals surface area contributed by atoms with Crippen LogP contribution in [0.25, 0.3) is 10.9 Å². The van der Waals surface area contributed by atoms with Gasteiger partial charge in [0.15, 0.2) is 0 Å². The number of aryl methyl sites for hydroxylation is 2. The summed E-state index contributed by atoms with van der Waals surface area (Å²) >= 11 is 0. The monoisotopic (exact) mass is 332 g/mol. The van der Waals surface area contributed by atoms with Crippen molar-refractivity contribution in [3.63, 3.8) is 0 Å². The zero-order valence-corrected chi connectivity index (χ0v) is 14.4. The Labute approximate surface area is 146 Å². The average Bonchev–Trinajstić information content (AvgIpc) is 2.89. The molecule has 1 aliphatic rings. The molecule has 126 valence electrons. The lowest BCUT2D eigenvalue weighted by Gasteiger charge is -2.19. The molecule has 3 aromatic rings. The Hall–Kier alpha value is -2.88. The molecule has 0 spiro atoms. The summed E-state index contributed by atoms with van der Waals surface area (Å²) in [5.74, 6) is 0.118. The third-order valence-electron chi connectivity index (χ3n) is 4.80. The number of nitrogens with zero attached hydrogens (tertiary/aromatic N) is 2. The fourth-order valence-electron chi connectivity index (χ4n) is 3.93. The van der Waals surface area contributed by atoms with Gasteiger partial charge in [0.05, 0.1) is 11.9 Å². The van der Waals surface area contributed by atoms with E-state index >= 15 is 0 Å². The number of aromatic nitrogens is 1. The maximum absolute atomic E-state index is 11.5. The molecule has 0 aliphatic carbocycles. The van der Waals surface area contributed by atoms with Gasteiger partial charge in [0.1, 0.15) is 5.84 Å². The van der Waals surface area contributed by atoms with Crippen LogP contribution < -0.4 is 0 Å². The number of hydrogen-bond acceptors (Lipinski definition) is 2. The normalized spacial score (nSPS) is 13.6. The topological polar surface area (TPSA) is 54.6 Å². The lowest BCUT2D eigenvalue weighted by atomic mass is 10.0. The summed E-state index contributed by atoms with van der Waals surface area (Å²) < 4.78 is 2.17. The second-order valence-corrected chi connectivity index (χ2v) is 6.63. The molecule has 1 N–H and O–H groups in total. The molecule has 25 heavy (non-hydrogen) atoms. The van der Waals surface area contributed by atoms with E-state index in [1.165, 1.54) is 5.56 Å². The number of rotatable bonds is 3. The van der Waals surface area contributed by atoms with Crippen LogP contribution in [0.2, 0.25) is 0 Å². The van der Waals surface area contributed by atoms with Gasteiger partial charge in [-0.3, -0.25) is 14.4 Å². The Kier molecular flexibility index (Phi) is 3.68. The van der Waals surface area contributed by atoms with Crippen molar-refractivity contribution in [2.24, 2.45) is 4.99 Å². The first-order valence-corrected chi connectivity index (χ1v) is 8.51. The highest BCUT2D eigenvalue weighted by atomic mass is 16.4. The molecule has 2 heterocycles. The third-order valence-corrected chi connectivity index (χ3v) is 4.80. The first kappa shape index (κ1) is 15.6. The minimum Gasteiger partial charge on any atom is -0.481 e. The zero-order chi connectivity index (χ0) is 17.6. The van der Waals surface area contributed by atoms with Crippen molar-refractivity contribution in [3.05, 3.63) is 70.4 Å². The van der Waals surface area contributed by atoms with Gasteiger partial charge in [-0.25, -0.2) is 0 Å². The van der Waals surface area contributed by atoms with E-state index in [0.29, 0.717) is 6.54 Å². The number of carboxylic acids is 1. The molecule has 0 atom stereocenters. The Morgan fingerprint density at radius 2 is 1.96 bits per heavy atom. The molecule has 0 amide bonds. The van der Waals surface area contributed by atoms with Crippen molar-refractivity contribution in [3.8, 4) is 0 Å². The minimum absolute atomic E-state index is 0.0464. The summed E-state index contributed by atoms with van der Waals surface area (Å²) in [6.07, 6.45) is 0.816. The summed E-state index contributed by atoms with van der Waals surface area (Å²) in [6.45, 7) is 4.82. The minimum atomic E-state index is -0.793. The molecule has 1 aliphatic heterocycles. The van der Waals surface area contributed by atoms with Gasteiger partial charge in [-0.05, 0) is 36.6 Å². The zero-order valence-electron chi connectivity index (χ0n) is 14.4. The van der Waals surface area contributed by atoms with Crippen molar-refractivity contribution in [1.29, 1.82) is 0 Å². The Morgan fingerprint density at radius 1 is 1.20 bits per heavy atom. The van der Waals surface area contributed by atoms with Crippen molar-refractivity contribution in [2.45, 2.75) is 26.7 Å². The van der Waals surface area contributed by atoms with Gasteiger partial charge in [0, 0.05) is 29.6 Å². The SMILES string of the molecule is Cc1cc(C)c2c(CC(=O)O)c3n(c2c1)C(c1ccccc1)=NCC3. The van der Waals surface area contributed by atoms with Gasteiger partial charge in [-0.2, -0.15) is 0 Å². The largest absolute Gasteiger partial charge is 0.481 e. The van der Waals surface area contributed by atoms with Gasteiger partial charge < -0.3 is 5.11 Å². The fraction of sp³-hybridized carbons (Fsp3) is 0.238. The lowest BCUT2D eigenvalue weighted by Crippen LogP contribution is -2.22. The van der Waals surface area contributed by atoms with Gasteiger partial charge in [0.25, 0.3) is 0 Å². The molecule has 0 unspecified atom stereocenters. The van der Waals surface area contributed by atoms with E-state index in [1.54, 1.807) is 0 Å². The standard InChI is InChI=1S/C21H20N2O2/c1-13-10-14(2)20-16(12-19(24)25)17-8-9-22-21(23(17)18(20)11-13)15-6-4-3-5-7-15/h3-7,10-11H,8-9,12H2,1-2H3,(H,24,25). The third kappa shape index (κ3) is 2.54. The van der Waals surface area contributed by atoms with Crippen LogP contribution in [0, 0.1) is 13.8 Å². The molecule has 4 heteroatoms. The van der Waals surface area contributed by atoms with E-state index in [4.69, 9.17) is 4.99 Å². The summed E-state index contributed by atoms with van der Waals surface area (Å²) in [4.78, 5) is 16.3. The molecular formula is C21H20N2O2. The van der Waals surface area contributed by atoms with Crippen LogP contribution in [0.3, 0.4) is 0 Å². The van der Waals surface area contributed by atoms with Crippen molar-refractivity contribution in [2.75, 3.05) is 6.54 Å². The highest BCUT2D eigenvalue weighted by Gasteiger charge is 2.25. The predicted molar refractivity (Wildman–Crippen MR) is 99.7 cm³/mol. The number of aliphatic imine (C=N–C) groups is 1. The van der Waals surface area contributed by atoms with Crippen molar-refractivity contribution < 1.29 is 9.90 Å². The van der Waals surface area contributed by atoms with Crippen LogP contribution in [0.1, 0.15) is 27.9 Å². The number of carbonyl (C=O) groups is 1. The molecule has 4 rings (SSSR count). The molecule has 2 aromatic carbocycles. The van der Waals surface area contributed by atoms with E-state index in [1.807, 2.05) is 18.2 Å². The predicted octanol–water partition coefficient (Wildman–Crippen LogP) is 3.74. The van der Waals surface area contributed by atoms with Crippen LogP contribution in [-0.2, 0) is 17.6 Å². The summed E-state index contributed by atoms with van der Waals surface area (Å²) in [6, 6.07) is 14.4. The average molecular weight is 332 g/mol. The number of aliphatic carboxylic acids is 1. The van der Waals surface area contributed by atoms with E-state index < -0.39 is 5.97 Å². The quantitative estimate of drug-likeness (QED) is 0.794. The molecule has 1 aromatic heterocycles. The van der Waals surface area contributed by atoms with Crippen molar-refractivity contribution in [1.82, 2.24) is 4.57 Å². The number of fused-ring (bicyclic) bond motifs is 3. The van der Waals surface area contributed by atoms with E-state index in [9.17, 15) is 9.90 Å². The van der Waals surface area contributed by atoms with Crippen molar-refractivity contribution >= 4 is 22.7 Å². The van der Waals surface area contributed by atoms with Crippen LogP contribution >= 0.6 is 0 Å². The van der Waals surface area contributed by atoms with Gasteiger partial charge in [-0.15, -0.1) is 0 Å². The van der Waals surface area contributed by atoms with Gasteiger partial charge in [0.2, 0.25) is 0 Å². The van der Waals surface area contributed by atoms with Crippen LogP contribution in [-0.4, -0.2) is 28.0 Å². The number of hydrogen-bond donors (Lipinski definition) is 1. The smallest absolute Gasteiger partial charge is 0.307 e. The van der Waals surface area contributed by atoms with Crippen LogP contribution in [0.4, 0.5) is 0 Å². The molecular weight excluding hydrogens is 312 g/mol.